The molecule has 0 saturated carbocycles. The van der Waals surface area contributed by atoms with E-state index in [-0.39, 0.29) is 18.0 Å². The van der Waals surface area contributed by atoms with E-state index in [1.54, 1.807) is 16.4 Å². The number of benzene rings is 2. The van der Waals surface area contributed by atoms with Crippen molar-refractivity contribution in [2.45, 2.75) is 42.8 Å². The highest BCUT2D eigenvalue weighted by molar-refractivity contribution is 7.89. The van der Waals surface area contributed by atoms with Crippen molar-refractivity contribution in [2.75, 3.05) is 31.1 Å². The molecule has 0 aliphatic carbocycles. The van der Waals surface area contributed by atoms with Gasteiger partial charge in [0.1, 0.15) is 4.90 Å². The van der Waals surface area contributed by atoms with Crippen molar-refractivity contribution in [3.63, 3.8) is 0 Å². The Labute approximate surface area is 195 Å². The van der Waals surface area contributed by atoms with Gasteiger partial charge in [-0.1, -0.05) is 41.9 Å². The molecule has 2 aromatic carbocycles. The van der Waals surface area contributed by atoms with E-state index >= 15 is 0 Å². The van der Waals surface area contributed by atoms with Crippen LogP contribution in [0, 0.1) is 17.2 Å². The summed E-state index contributed by atoms with van der Waals surface area (Å²) in [5, 5.41) is 9.62. The third-order valence-corrected chi connectivity index (χ3v) is 9.24. The van der Waals surface area contributed by atoms with Crippen molar-refractivity contribution < 1.29 is 8.42 Å². The minimum Gasteiger partial charge on any atom is -0.370 e. The third kappa shape index (κ3) is 4.01. The van der Waals surface area contributed by atoms with Crippen molar-refractivity contribution in [3.8, 4) is 6.07 Å². The van der Waals surface area contributed by atoms with Gasteiger partial charge >= 0.3 is 0 Å². The van der Waals surface area contributed by atoms with E-state index in [0.29, 0.717) is 35.2 Å². The zero-order valence-electron chi connectivity index (χ0n) is 17.9. The van der Waals surface area contributed by atoms with Crippen molar-refractivity contribution in [3.05, 3.63) is 59.1 Å². The zero-order valence-corrected chi connectivity index (χ0v) is 19.5. The molecule has 5 rings (SSSR count). The largest absolute Gasteiger partial charge is 0.370 e. The number of anilines is 1. The molecule has 2 atom stereocenters. The molecule has 2 aromatic rings. The second kappa shape index (κ2) is 8.68. The second-order valence-corrected chi connectivity index (χ2v) is 11.3. The number of fused-ring (bicyclic) bond motifs is 2. The van der Waals surface area contributed by atoms with Crippen LogP contribution in [0.5, 0.6) is 0 Å². The standard InChI is InChI=1S/C24H27ClN4O2S/c25-20-6-7-23(27-10-8-18(14-26)9-11-27)24(12-20)32(30,31)29-17-21-13-22(29)16-28(21)15-19-4-2-1-3-5-19/h1-7,12,18,21-22H,8-11,13,15-17H2/t21-,22-/m0/s1. The second-order valence-electron chi connectivity index (χ2n) is 9.04. The quantitative estimate of drug-likeness (QED) is 0.666. The minimum atomic E-state index is -3.67. The van der Waals surface area contributed by atoms with E-state index < -0.39 is 10.0 Å². The Morgan fingerprint density at radius 1 is 1.03 bits per heavy atom. The summed E-state index contributed by atoms with van der Waals surface area (Å²) in [5.41, 5.74) is 1.96. The zero-order chi connectivity index (χ0) is 22.3. The number of piperazine rings is 1. The van der Waals surface area contributed by atoms with E-state index in [2.05, 4.69) is 28.0 Å². The van der Waals surface area contributed by atoms with E-state index in [1.165, 1.54) is 5.56 Å². The van der Waals surface area contributed by atoms with Crippen LogP contribution in [0.1, 0.15) is 24.8 Å². The molecule has 168 valence electrons. The van der Waals surface area contributed by atoms with Crippen molar-refractivity contribution >= 4 is 27.3 Å². The first-order chi connectivity index (χ1) is 15.5. The molecule has 0 amide bonds. The van der Waals surface area contributed by atoms with Gasteiger partial charge in [-0.25, -0.2) is 8.42 Å². The molecular formula is C24H27ClN4O2S. The number of nitriles is 1. The van der Waals surface area contributed by atoms with Gasteiger partial charge in [0.2, 0.25) is 10.0 Å². The fourth-order valence-electron chi connectivity index (χ4n) is 5.35. The van der Waals surface area contributed by atoms with Crippen LogP contribution in [-0.4, -0.2) is 55.9 Å². The van der Waals surface area contributed by atoms with Gasteiger partial charge in [0.05, 0.1) is 11.8 Å². The van der Waals surface area contributed by atoms with Crippen molar-refractivity contribution in [1.29, 1.82) is 5.26 Å². The molecule has 3 aliphatic rings. The van der Waals surface area contributed by atoms with Gasteiger partial charge in [-0.2, -0.15) is 9.57 Å². The lowest BCUT2D eigenvalue weighted by molar-refractivity contribution is 0.174. The molecule has 3 heterocycles. The lowest BCUT2D eigenvalue weighted by Crippen LogP contribution is -2.48. The first kappa shape index (κ1) is 21.7. The number of hydrogen-bond donors (Lipinski definition) is 0. The smallest absolute Gasteiger partial charge is 0.245 e. The predicted molar refractivity (Wildman–Crippen MR) is 125 cm³/mol. The predicted octanol–water partition coefficient (Wildman–Crippen LogP) is 3.73. The average Bonchev–Trinajstić information content (AvgIpc) is 3.41. The Morgan fingerprint density at radius 3 is 2.44 bits per heavy atom. The molecule has 0 unspecified atom stereocenters. The Hall–Kier alpha value is -2.11. The van der Waals surface area contributed by atoms with Gasteiger partial charge in [0, 0.05) is 55.7 Å². The fourth-order valence-corrected chi connectivity index (χ4v) is 7.49. The molecule has 0 aromatic heterocycles. The van der Waals surface area contributed by atoms with Crippen LogP contribution in [0.2, 0.25) is 5.02 Å². The Bertz CT molecular complexity index is 1130. The van der Waals surface area contributed by atoms with Gasteiger partial charge in [0.15, 0.2) is 0 Å². The highest BCUT2D eigenvalue weighted by Crippen LogP contribution is 2.39. The van der Waals surface area contributed by atoms with Crippen LogP contribution in [-0.2, 0) is 16.6 Å². The van der Waals surface area contributed by atoms with Gasteiger partial charge in [0.25, 0.3) is 0 Å². The molecule has 0 N–H and O–H groups in total. The number of sulfonamides is 1. The molecule has 32 heavy (non-hydrogen) atoms. The Kier molecular flexibility index (Phi) is 5.89. The van der Waals surface area contributed by atoms with E-state index in [0.717, 1.165) is 32.4 Å². The summed E-state index contributed by atoms with van der Waals surface area (Å²) in [5.74, 6) is 0.0449. The fraction of sp³-hybridized carbons (Fsp3) is 0.458. The number of hydrogen-bond acceptors (Lipinski definition) is 5. The SMILES string of the molecule is N#CC1CCN(c2ccc(Cl)cc2S(=O)(=O)N2C[C@@H]3C[C@H]2CN3Cc2ccccc2)CC1. The monoisotopic (exact) mass is 470 g/mol. The number of halogens is 1. The van der Waals surface area contributed by atoms with Gasteiger partial charge in [-0.3, -0.25) is 4.90 Å². The summed E-state index contributed by atoms with van der Waals surface area (Å²) in [7, 11) is -3.67. The van der Waals surface area contributed by atoms with Gasteiger partial charge in [-0.15, -0.1) is 0 Å². The van der Waals surface area contributed by atoms with Crippen LogP contribution in [0.4, 0.5) is 5.69 Å². The highest BCUT2D eigenvalue weighted by atomic mass is 35.5. The summed E-state index contributed by atoms with van der Waals surface area (Å²) < 4.78 is 29.3. The van der Waals surface area contributed by atoms with E-state index in [9.17, 15) is 13.7 Å². The molecular weight excluding hydrogens is 444 g/mol. The van der Waals surface area contributed by atoms with Crippen LogP contribution in [0.25, 0.3) is 0 Å². The summed E-state index contributed by atoms with van der Waals surface area (Å²) in [6.45, 7) is 3.48. The summed E-state index contributed by atoms with van der Waals surface area (Å²) in [4.78, 5) is 4.78. The van der Waals surface area contributed by atoms with Gasteiger partial charge < -0.3 is 4.90 Å². The summed E-state index contributed by atoms with van der Waals surface area (Å²) in [6, 6.07) is 18.1. The lowest BCUT2D eigenvalue weighted by Gasteiger charge is -2.36. The number of rotatable bonds is 5. The first-order valence-electron chi connectivity index (χ1n) is 11.2. The minimum absolute atomic E-state index is 0.00938. The van der Waals surface area contributed by atoms with Crippen LogP contribution < -0.4 is 4.90 Å². The topological polar surface area (TPSA) is 67.6 Å². The van der Waals surface area contributed by atoms with Gasteiger partial charge in [-0.05, 0) is 43.0 Å². The molecule has 2 bridgehead atoms. The van der Waals surface area contributed by atoms with E-state index in [1.807, 2.05) is 24.3 Å². The lowest BCUT2D eigenvalue weighted by atomic mass is 9.98. The molecule has 3 aliphatic heterocycles. The maximum Gasteiger partial charge on any atom is 0.245 e. The normalized spacial score (nSPS) is 24.7. The number of piperidine rings is 1. The van der Waals surface area contributed by atoms with Crippen molar-refractivity contribution in [1.82, 2.24) is 9.21 Å². The summed E-state index contributed by atoms with van der Waals surface area (Å²) in [6.07, 6.45) is 2.37. The van der Waals surface area contributed by atoms with Crippen LogP contribution >= 0.6 is 11.6 Å². The molecule has 3 saturated heterocycles. The third-order valence-electron chi connectivity index (χ3n) is 7.06. The number of nitrogens with zero attached hydrogens (tertiary/aromatic N) is 4. The number of likely N-dealkylation sites (tertiary alicyclic amines) is 1. The summed E-state index contributed by atoms with van der Waals surface area (Å²) >= 11 is 6.25. The molecule has 0 spiro atoms. The van der Waals surface area contributed by atoms with E-state index in [4.69, 9.17) is 11.6 Å². The molecule has 8 heteroatoms. The maximum absolute atomic E-state index is 13.8. The molecule has 6 nitrogen and oxygen atoms in total. The average molecular weight is 471 g/mol. The Morgan fingerprint density at radius 2 is 1.78 bits per heavy atom. The maximum atomic E-state index is 13.8. The van der Waals surface area contributed by atoms with Crippen molar-refractivity contribution in [2.24, 2.45) is 5.92 Å². The van der Waals surface area contributed by atoms with Crippen LogP contribution in [0.3, 0.4) is 0 Å². The molecule has 0 radical (unpaired) electrons. The molecule has 3 fully saturated rings. The Balaban J connectivity index is 1.36. The van der Waals surface area contributed by atoms with Crippen LogP contribution in [0.15, 0.2) is 53.4 Å². The first-order valence-corrected chi connectivity index (χ1v) is 13.0. The highest BCUT2D eigenvalue weighted by Gasteiger charge is 2.48.